The summed E-state index contributed by atoms with van der Waals surface area (Å²) in [5.74, 6) is -0.771. The average Bonchev–Trinajstić information content (AvgIpc) is 2.87. The van der Waals surface area contributed by atoms with E-state index in [1.807, 2.05) is 76.2 Å². The maximum Gasteiger partial charge on any atom is 0.259 e. The van der Waals surface area contributed by atoms with Gasteiger partial charge in [-0.2, -0.15) is 0 Å². The van der Waals surface area contributed by atoms with Gasteiger partial charge in [-0.15, -0.1) is 0 Å². The first-order chi connectivity index (χ1) is 17.3. The van der Waals surface area contributed by atoms with Gasteiger partial charge in [-0.05, 0) is 74.7 Å². The number of nitrogens with one attached hydrogen (secondary N) is 1. The quantitative estimate of drug-likeness (QED) is 0.448. The Labute approximate surface area is 212 Å². The highest BCUT2D eigenvalue weighted by Gasteiger charge is 2.29. The monoisotopic (exact) mass is 481 g/mol. The lowest BCUT2D eigenvalue weighted by atomic mass is 9.88. The summed E-state index contributed by atoms with van der Waals surface area (Å²) in [5, 5.41) is 12.3. The molecule has 0 saturated carbocycles. The zero-order chi connectivity index (χ0) is 25.8. The van der Waals surface area contributed by atoms with E-state index in [0.29, 0.717) is 29.1 Å². The van der Waals surface area contributed by atoms with Crippen LogP contribution in [-0.4, -0.2) is 42.2 Å². The lowest BCUT2D eigenvalue weighted by Gasteiger charge is -2.23. The molecule has 1 amide bonds. The number of hydrogen-bond donors (Lipinski definition) is 2. The third-order valence-electron chi connectivity index (χ3n) is 6.40. The Morgan fingerprint density at radius 1 is 0.972 bits per heavy atom. The topological polar surface area (TPSA) is 82.0 Å². The number of amides is 1. The molecule has 0 fully saturated rings. The summed E-state index contributed by atoms with van der Waals surface area (Å²) >= 11 is 0. The van der Waals surface area contributed by atoms with Crippen molar-refractivity contribution in [3.8, 4) is 0 Å². The minimum absolute atomic E-state index is 0.0581. The Bertz CT molecular complexity index is 1390. The molecule has 1 aliphatic rings. The number of carbonyl (C=O) groups excluding carboxylic acids is 2. The summed E-state index contributed by atoms with van der Waals surface area (Å²) in [7, 11) is 0. The van der Waals surface area contributed by atoms with Gasteiger partial charge in [0.15, 0.2) is 5.78 Å². The third kappa shape index (κ3) is 5.14. The Morgan fingerprint density at radius 2 is 1.72 bits per heavy atom. The van der Waals surface area contributed by atoms with Crippen LogP contribution in [0.15, 0.2) is 77.3 Å². The molecular formula is C30H31N3O3. The van der Waals surface area contributed by atoms with Gasteiger partial charge in [0.1, 0.15) is 0 Å². The van der Waals surface area contributed by atoms with Crippen LogP contribution in [0, 0.1) is 20.8 Å². The van der Waals surface area contributed by atoms with Crippen LogP contribution in [0.4, 0.5) is 17.1 Å². The second-order valence-electron chi connectivity index (χ2n) is 8.98. The Balaban J connectivity index is 1.74. The van der Waals surface area contributed by atoms with Gasteiger partial charge in [-0.1, -0.05) is 36.4 Å². The van der Waals surface area contributed by atoms with Crippen molar-refractivity contribution >= 4 is 34.5 Å². The van der Waals surface area contributed by atoms with E-state index in [9.17, 15) is 14.7 Å². The lowest BCUT2D eigenvalue weighted by Crippen LogP contribution is -2.27. The van der Waals surface area contributed by atoms with Crippen molar-refractivity contribution in [1.82, 2.24) is 0 Å². The second-order valence-corrected chi connectivity index (χ2v) is 8.98. The van der Waals surface area contributed by atoms with Gasteiger partial charge < -0.3 is 15.3 Å². The standard InChI is InChI=1S/C30H31N3O3/c1-5-33(14-15-34)22-12-13-26(21(4)17-22)31-28-18-25(29(35)24-9-7-6-8-23(24)28)30(36)32-27-16-19(2)10-11-20(27)3/h6-13,16-18,34H,5,14-15H2,1-4H3,(H,32,36). The molecule has 0 spiro atoms. The minimum Gasteiger partial charge on any atom is -0.395 e. The predicted molar refractivity (Wildman–Crippen MR) is 146 cm³/mol. The highest BCUT2D eigenvalue weighted by molar-refractivity contribution is 6.37. The van der Waals surface area contributed by atoms with Gasteiger partial charge >= 0.3 is 0 Å². The van der Waals surface area contributed by atoms with Crippen LogP contribution in [0.3, 0.4) is 0 Å². The van der Waals surface area contributed by atoms with E-state index in [-0.39, 0.29) is 18.0 Å². The zero-order valence-corrected chi connectivity index (χ0v) is 21.1. The summed E-state index contributed by atoms with van der Waals surface area (Å²) in [6.07, 6.45) is 1.59. The number of carbonyl (C=O) groups is 2. The number of aryl methyl sites for hydroxylation is 3. The van der Waals surface area contributed by atoms with E-state index < -0.39 is 5.91 Å². The van der Waals surface area contributed by atoms with E-state index >= 15 is 0 Å². The predicted octanol–water partition coefficient (Wildman–Crippen LogP) is 5.31. The molecule has 0 radical (unpaired) electrons. The van der Waals surface area contributed by atoms with Crippen LogP contribution >= 0.6 is 0 Å². The SMILES string of the molecule is CCN(CCO)c1ccc(N=C2C=C(C(=O)Nc3cc(C)ccc3C)C(=O)c3ccccc32)c(C)c1. The molecule has 1 aliphatic carbocycles. The number of aliphatic hydroxyl groups is 1. The fourth-order valence-electron chi connectivity index (χ4n) is 4.33. The largest absolute Gasteiger partial charge is 0.395 e. The first-order valence-electron chi connectivity index (χ1n) is 12.1. The molecule has 184 valence electrons. The number of nitrogens with zero attached hydrogens (tertiary/aromatic N) is 2. The first kappa shape index (κ1) is 25.1. The van der Waals surface area contributed by atoms with Gasteiger partial charge in [-0.3, -0.25) is 9.59 Å². The van der Waals surface area contributed by atoms with Crippen molar-refractivity contribution in [2.24, 2.45) is 4.99 Å². The molecule has 2 N–H and O–H groups in total. The Kier molecular flexibility index (Phi) is 7.46. The van der Waals surface area contributed by atoms with Crippen LogP contribution < -0.4 is 10.2 Å². The third-order valence-corrected chi connectivity index (χ3v) is 6.40. The molecule has 36 heavy (non-hydrogen) atoms. The van der Waals surface area contributed by atoms with Crippen LogP contribution in [0.25, 0.3) is 0 Å². The molecule has 6 heteroatoms. The molecular weight excluding hydrogens is 450 g/mol. The van der Waals surface area contributed by atoms with Crippen LogP contribution in [0.1, 0.15) is 39.5 Å². The number of rotatable bonds is 7. The second kappa shape index (κ2) is 10.7. The molecule has 3 aromatic carbocycles. The number of Topliss-reactive ketones (excluding diaryl/α,β-unsaturated/α-hetero) is 1. The molecule has 0 aromatic heterocycles. The zero-order valence-electron chi connectivity index (χ0n) is 21.1. The molecule has 0 bridgehead atoms. The number of allylic oxidation sites excluding steroid dienone is 1. The van der Waals surface area contributed by atoms with Crippen molar-refractivity contribution in [3.63, 3.8) is 0 Å². The Hall–Kier alpha value is -4.03. The molecule has 0 unspecified atom stereocenters. The normalized spacial score (nSPS) is 13.9. The van der Waals surface area contributed by atoms with Crippen LogP contribution in [-0.2, 0) is 4.79 Å². The molecule has 0 heterocycles. The number of aliphatic hydroxyl groups excluding tert-OH is 1. The molecule has 0 atom stereocenters. The maximum atomic E-state index is 13.3. The van der Waals surface area contributed by atoms with E-state index in [0.717, 1.165) is 34.6 Å². The number of likely N-dealkylation sites (N-methyl/N-ethyl adjacent to an activating group) is 1. The number of fused-ring (bicyclic) bond motifs is 1. The van der Waals surface area contributed by atoms with Crippen molar-refractivity contribution in [1.29, 1.82) is 0 Å². The number of anilines is 2. The van der Waals surface area contributed by atoms with Crippen molar-refractivity contribution < 1.29 is 14.7 Å². The molecule has 3 aromatic rings. The first-order valence-corrected chi connectivity index (χ1v) is 12.1. The molecule has 6 nitrogen and oxygen atoms in total. The minimum atomic E-state index is -0.453. The summed E-state index contributed by atoms with van der Waals surface area (Å²) in [6, 6.07) is 19.0. The summed E-state index contributed by atoms with van der Waals surface area (Å²) < 4.78 is 0. The smallest absolute Gasteiger partial charge is 0.259 e. The molecule has 0 saturated heterocycles. The van der Waals surface area contributed by atoms with Gasteiger partial charge in [0.2, 0.25) is 0 Å². The molecule has 4 rings (SSSR count). The number of ketones is 1. The highest BCUT2D eigenvalue weighted by atomic mass is 16.3. The van der Waals surface area contributed by atoms with Gasteiger partial charge in [0.25, 0.3) is 5.91 Å². The van der Waals surface area contributed by atoms with E-state index in [2.05, 4.69) is 10.2 Å². The average molecular weight is 482 g/mol. The van der Waals surface area contributed by atoms with E-state index in [1.165, 1.54) is 0 Å². The highest BCUT2D eigenvalue weighted by Crippen LogP contribution is 2.29. The number of aliphatic imine (C=N–C) groups is 1. The van der Waals surface area contributed by atoms with E-state index in [4.69, 9.17) is 4.99 Å². The van der Waals surface area contributed by atoms with Crippen molar-refractivity contribution in [3.05, 3.63) is 100 Å². The lowest BCUT2D eigenvalue weighted by molar-refractivity contribution is -0.112. The fraction of sp³-hybridized carbons (Fsp3) is 0.233. The fourth-order valence-corrected chi connectivity index (χ4v) is 4.33. The van der Waals surface area contributed by atoms with Crippen molar-refractivity contribution in [2.75, 3.05) is 29.9 Å². The number of benzene rings is 3. The van der Waals surface area contributed by atoms with E-state index in [1.54, 1.807) is 18.2 Å². The van der Waals surface area contributed by atoms with Gasteiger partial charge in [0.05, 0.1) is 23.6 Å². The van der Waals surface area contributed by atoms with Crippen LogP contribution in [0.5, 0.6) is 0 Å². The Morgan fingerprint density at radius 3 is 2.42 bits per heavy atom. The summed E-state index contributed by atoms with van der Waals surface area (Å²) in [6.45, 7) is 9.32. The molecule has 0 aliphatic heterocycles. The van der Waals surface area contributed by atoms with Crippen LogP contribution in [0.2, 0.25) is 0 Å². The summed E-state index contributed by atoms with van der Waals surface area (Å²) in [4.78, 5) is 33.5. The van der Waals surface area contributed by atoms with Gasteiger partial charge in [-0.25, -0.2) is 4.99 Å². The number of hydrogen-bond acceptors (Lipinski definition) is 5. The van der Waals surface area contributed by atoms with Gasteiger partial charge in [0, 0.05) is 35.6 Å². The maximum absolute atomic E-state index is 13.3. The van der Waals surface area contributed by atoms with Crippen molar-refractivity contribution in [2.45, 2.75) is 27.7 Å². The summed E-state index contributed by atoms with van der Waals surface area (Å²) in [5.41, 5.74) is 7.12.